The second-order valence-corrected chi connectivity index (χ2v) is 6.84. The summed E-state index contributed by atoms with van der Waals surface area (Å²) < 4.78 is 12.9. The van der Waals surface area contributed by atoms with Crippen LogP contribution in [-0.2, 0) is 13.0 Å². The van der Waals surface area contributed by atoms with Gasteiger partial charge in [-0.3, -0.25) is 9.48 Å². The molecule has 2 aromatic carbocycles. The number of ether oxygens (including phenoxy) is 2. The van der Waals surface area contributed by atoms with Crippen molar-refractivity contribution < 1.29 is 14.3 Å². The zero-order valence-electron chi connectivity index (χ0n) is 15.4. The molecule has 144 valence electrons. The van der Waals surface area contributed by atoms with Gasteiger partial charge in [-0.05, 0) is 12.0 Å². The first kappa shape index (κ1) is 18.4. The smallest absolute Gasteiger partial charge is 0.259 e. The third-order valence-electron chi connectivity index (χ3n) is 4.58. The second-order valence-electron chi connectivity index (χ2n) is 6.43. The van der Waals surface area contributed by atoms with Gasteiger partial charge in [0.2, 0.25) is 0 Å². The summed E-state index contributed by atoms with van der Waals surface area (Å²) in [6.45, 7) is 3.57. The van der Waals surface area contributed by atoms with E-state index in [1.54, 1.807) is 18.3 Å². The van der Waals surface area contributed by atoms with Crippen molar-refractivity contribution in [3.05, 3.63) is 70.5 Å². The first-order valence-electron chi connectivity index (χ1n) is 9.15. The third kappa shape index (κ3) is 3.68. The molecule has 0 bridgehead atoms. The Morgan fingerprint density at radius 3 is 2.61 bits per heavy atom. The number of halogens is 1. The number of nitrogens with one attached hydrogen (secondary N) is 1. The largest absolute Gasteiger partial charge is 0.486 e. The van der Waals surface area contributed by atoms with Crippen molar-refractivity contribution in [2.75, 3.05) is 18.5 Å². The molecule has 1 aromatic heterocycles. The fraction of sp³-hybridized carbons (Fsp3) is 0.238. The highest BCUT2D eigenvalue weighted by Gasteiger charge is 2.20. The van der Waals surface area contributed by atoms with Crippen molar-refractivity contribution in [1.29, 1.82) is 0 Å². The molecule has 0 aliphatic carbocycles. The Morgan fingerprint density at radius 2 is 1.89 bits per heavy atom. The maximum atomic E-state index is 12.9. The van der Waals surface area contributed by atoms with Crippen LogP contribution in [0.3, 0.4) is 0 Å². The number of carbonyl (C=O) groups is 1. The molecule has 0 saturated carbocycles. The molecule has 6 nitrogen and oxygen atoms in total. The lowest BCUT2D eigenvalue weighted by Crippen LogP contribution is -2.17. The molecule has 3 aromatic rings. The summed E-state index contributed by atoms with van der Waals surface area (Å²) in [4.78, 5) is 12.9. The molecule has 0 fully saturated rings. The van der Waals surface area contributed by atoms with Gasteiger partial charge in [-0.15, -0.1) is 0 Å². The van der Waals surface area contributed by atoms with Crippen molar-refractivity contribution in [3.63, 3.8) is 0 Å². The highest BCUT2D eigenvalue weighted by Crippen LogP contribution is 2.38. The first-order valence-corrected chi connectivity index (χ1v) is 9.52. The highest BCUT2D eigenvalue weighted by atomic mass is 35.5. The SMILES string of the molecule is CCc1c(C(=O)Nc2cc3c(cc2Cl)OCCO3)cnn1Cc1ccccc1. The number of amides is 1. The van der Waals surface area contributed by atoms with Crippen LogP contribution in [0.1, 0.15) is 28.5 Å². The zero-order valence-corrected chi connectivity index (χ0v) is 16.2. The third-order valence-corrected chi connectivity index (χ3v) is 4.90. The van der Waals surface area contributed by atoms with E-state index in [2.05, 4.69) is 10.4 Å². The lowest BCUT2D eigenvalue weighted by Gasteiger charge is -2.20. The van der Waals surface area contributed by atoms with Crippen LogP contribution in [0.25, 0.3) is 0 Å². The maximum absolute atomic E-state index is 12.9. The van der Waals surface area contributed by atoms with E-state index >= 15 is 0 Å². The lowest BCUT2D eigenvalue weighted by atomic mass is 10.1. The van der Waals surface area contributed by atoms with Crippen LogP contribution >= 0.6 is 11.6 Å². The highest BCUT2D eigenvalue weighted by molar-refractivity contribution is 6.34. The van der Waals surface area contributed by atoms with Gasteiger partial charge in [0.1, 0.15) is 13.2 Å². The van der Waals surface area contributed by atoms with Crippen LogP contribution < -0.4 is 14.8 Å². The zero-order chi connectivity index (χ0) is 19.5. The number of anilines is 1. The summed E-state index contributed by atoms with van der Waals surface area (Å²) in [5.74, 6) is 0.898. The number of nitrogens with zero attached hydrogens (tertiary/aromatic N) is 2. The van der Waals surface area contributed by atoms with E-state index in [1.807, 2.05) is 41.9 Å². The van der Waals surface area contributed by atoms with Crippen molar-refractivity contribution in [3.8, 4) is 11.5 Å². The van der Waals surface area contributed by atoms with Gasteiger partial charge in [0.15, 0.2) is 11.5 Å². The minimum Gasteiger partial charge on any atom is -0.486 e. The molecule has 1 amide bonds. The van der Waals surface area contributed by atoms with Gasteiger partial charge < -0.3 is 14.8 Å². The number of benzene rings is 2. The normalized spacial score (nSPS) is 12.6. The molecule has 28 heavy (non-hydrogen) atoms. The van der Waals surface area contributed by atoms with E-state index in [9.17, 15) is 4.79 Å². The van der Waals surface area contributed by atoms with Crippen molar-refractivity contribution in [2.45, 2.75) is 19.9 Å². The van der Waals surface area contributed by atoms with Crippen molar-refractivity contribution in [2.24, 2.45) is 0 Å². The summed E-state index contributed by atoms with van der Waals surface area (Å²) in [6, 6.07) is 13.4. The fourth-order valence-electron chi connectivity index (χ4n) is 3.22. The van der Waals surface area contributed by atoms with Crippen molar-refractivity contribution >= 4 is 23.2 Å². The van der Waals surface area contributed by atoms with E-state index in [0.29, 0.717) is 54.0 Å². The number of hydrogen-bond acceptors (Lipinski definition) is 4. The molecule has 0 radical (unpaired) electrons. The number of aromatic nitrogens is 2. The van der Waals surface area contributed by atoms with Gasteiger partial charge in [-0.1, -0.05) is 48.9 Å². The maximum Gasteiger partial charge on any atom is 0.259 e. The average Bonchev–Trinajstić information content (AvgIpc) is 3.12. The van der Waals surface area contributed by atoms with Crippen LogP contribution in [0.15, 0.2) is 48.7 Å². The molecule has 4 rings (SSSR count). The second kappa shape index (κ2) is 7.94. The van der Waals surface area contributed by atoms with Gasteiger partial charge in [0, 0.05) is 12.1 Å². The molecule has 7 heteroatoms. The Bertz CT molecular complexity index is 1000. The molecule has 0 saturated heterocycles. The molecule has 2 heterocycles. The van der Waals surface area contributed by atoms with Crippen LogP contribution in [-0.4, -0.2) is 28.9 Å². The summed E-state index contributed by atoms with van der Waals surface area (Å²) in [5, 5.41) is 7.68. The van der Waals surface area contributed by atoms with E-state index in [4.69, 9.17) is 21.1 Å². The Labute approximate surface area is 168 Å². The summed E-state index contributed by atoms with van der Waals surface area (Å²) in [7, 11) is 0. The molecule has 0 spiro atoms. The van der Waals surface area contributed by atoms with E-state index in [-0.39, 0.29) is 5.91 Å². The monoisotopic (exact) mass is 397 g/mol. The van der Waals surface area contributed by atoms with E-state index < -0.39 is 0 Å². The Morgan fingerprint density at radius 1 is 1.18 bits per heavy atom. The molecule has 1 N–H and O–H groups in total. The molecular weight excluding hydrogens is 378 g/mol. The van der Waals surface area contributed by atoms with E-state index in [0.717, 1.165) is 11.3 Å². The summed E-state index contributed by atoms with van der Waals surface area (Å²) >= 11 is 6.31. The molecular formula is C21H20ClN3O3. The molecule has 1 aliphatic heterocycles. The van der Waals surface area contributed by atoms with Crippen LogP contribution in [0.5, 0.6) is 11.5 Å². The quantitative estimate of drug-likeness (QED) is 0.701. The number of carbonyl (C=O) groups excluding carboxylic acids is 1. The lowest BCUT2D eigenvalue weighted by molar-refractivity contribution is 0.102. The molecule has 0 atom stereocenters. The summed E-state index contributed by atoms with van der Waals surface area (Å²) in [6.07, 6.45) is 2.29. The van der Waals surface area contributed by atoms with Gasteiger partial charge in [-0.25, -0.2) is 0 Å². The number of fused-ring (bicyclic) bond motifs is 1. The van der Waals surface area contributed by atoms with Crippen LogP contribution in [0.2, 0.25) is 5.02 Å². The Hall–Kier alpha value is -2.99. The van der Waals surface area contributed by atoms with Crippen LogP contribution in [0, 0.1) is 0 Å². The topological polar surface area (TPSA) is 65.4 Å². The fourth-order valence-corrected chi connectivity index (χ4v) is 3.42. The average molecular weight is 398 g/mol. The van der Waals surface area contributed by atoms with Crippen LogP contribution in [0.4, 0.5) is 5.69 Å². The van der Waals surface area contributed by atoms with Gasteiger partial charge in [0.05, 0.1) is 34.7 Å². The number of rotatable bonds is 5. The summed E-state index contributed by atoms with van der Waals surface area (Å²) in [5.41, 5.74) is 3.01. The first-order chi connectivity index (χ1) is 13.7. The minimum atomic E-state index is -0.255. The molecule has 1 aliphatic rings. The predicted octanol–water partition coefficient (Wildman–Crippen LogP) is 4.17. The van der Waals surface area contributed by atoms with E-state index in [1.165, 1.54) is 0 Å². The van der Waals surface area contributed by atoms with Gasteiger partial charge >= 0.3 is 0 Å². The minimum absolute atomic E-state index is 0.255. The van der Waals surface area contributed by atoms with Gasteiger partial charge in [-0.2, -0.15) is 5.10 Å². The Balaban J connectivity index is 1.57. The van der Waals surface area contributed by atoms with Crippen molar-refractivity contribution in [1.82, 2.24) is 9.78 Å². The molecule has 0 unspecified atom stereocenters. The predicted molar refractivity (Wildman–Crippen MR) is 108 cm³/mol. The standard InChI is InChI=1S/C21H20ClN3O3/c1-2-18-15(12-23-25(18)13-14-6-4-3-5-7-14)21(26)24-17-11-20-19(10-16(17)22)27-8-9-28-20/h3-7,10-12H,2,8-9,13H2,1H3,(H,24,26). The Kier molecular flexibility index (Phi) is 5.21. The van der Waals surface area contributed by atoms with Gasteiger partial charge in [0.25, 0.3) is 5.91 Å². The number of hydrogen-bond donors (Lipinski definition) is 1.